The van der Waals surface area contributed by atoms with Crippen molar-refractivity contribution in [3.8, 4) is 0 Å². The van der Waals surface area contributed by atoms with Gasteiger partial charge in [-0.3, -0.25) is 14.6 Å². The third-order valence-electron chi connectivity index (χ3n) is 3.33. The molecule has 1 aromatic carbocycles. The highest BCUT2D eigenvalue weighted by molar-refractivity contribution is 5.92. The third kappa shape index (κ3) is 4.51. The zero-order valence-corrected chi connectivity index (χ0v) is 13.3. The minimum atomic E-state index is -0.318. The molecule has 0 fully saturated rings. The first-order valence-electron chi connectivity index (χ1n) is 7.72. The van der Waals surface area contributed by atoms with E-state index in [1.807, 2.05) is 24.3 Å². The lowest BCUT2D eigenvalue weighted by Gasteiger charge is -2.04. The maximum atomic E-state index is 11.8. The normalized spacial score (nSPS) is 10.9. The van der Waals surface area contributed by atoms with E-state index < -0.39 is 0 Å². The molecule has 25 heavy (non-hydrogen) atoms. The molecular weight excluding hydrogens is 320 g/mol. The highest BCUT2D eigenvalue weighted by atomic mass is 16.3. The van der Waals surface area contributed by atoms with Crippen LogP contribution in [0.15, 0.2) is 59.4 Å². The molecule has 3 aromatic rings. The second-order valence-electron chi connectivity index (χ2n) is 5.14. The summed E-state index contributed by atoms with van der Waals surface area (Å²) in [7, 11) is 0. The van der Waals surface area contributed by atoms with Crippen molar-refractivity contribution in [2.24, 2.45) is 0 Å². The van der Waals surface area contributed by atoms with Crippen molar-refractivity contribution in [2.75, 3.05) is 13.1 Å². The van der Waals surface area contributed by atoms with Gasteiger partial charge in [-0.15, -0.1) is 0 Å². The molecule has 126 valence electrons. The Labute approximate surface area is 143 Å². The molecule has 0 aliphatic carbocycles. The van der Waals surface area contributed by atoms with E-state index in [0.717, 1.165) is 11.0 Å². The summed E-state index contributed by atoms with van der Waals surface area (Å²) >= 11 is 0. The SMILES string of the molecule is O=C(/C=C/c1cnc2ccccc2n1)NCCNC(=O)c1ccco1. The van der Waals surface area contributed by atoms with E-state index in [2.05, 4.69) is 20.6 Å². The second kappa shape index (κ2) is 7.87. The van der Waals surface area contributed by atoms with Crippen LogP contribution in [0.5, 0.6) is 0 Å². The fraction of sp³-hybridized carbons (Fsp3) is 0.111. The number of fused-ring (bicyclic) bond motifs is 1. The summed E-state index contributed by atoms with van der Waals surface area (Å²) in [6.07, 6.45) is 6.01. The number of hydrogen-bond acceptors (Lipinski definition) is 5. The van der Waals surface area contributed by atoms with Gasteiger partial charge in [-0.05, 0) is 30.3 Å². The molecule has 0 bridgehead atoms. The van der Waals surface area contributed by atoms with Gasteiger partial charge in [-0.25, -0.2) is 4.98 Å². The second-order valence-corrected chi connectivity index (χ2v) is 5.14. The van der Waals surface area contributed by atoms with Crippen LogP contribution in [-0.2, 0) is 4.79 Å². The Hall–Kier alpha value is -3.48. The number of para-hydroxylation sites is 2. The summed E-state index contributed by atoms with van der Waals surface area (Å²) in [6, 6.07) is 10.7. The van der Waals surface area contributed by atoms with Gasteiger partial charge in [0.25, 0.3) is 5.91 Å². The Morgan fingerprint density at radius 2 is 1.84 bits per heavy atom. The van der Waals surface area contributed by atoms with Crippen molar-refractivity contribution in [1.82, 2.24) is 20.6 Å². The van der Waals surface area contributed by atoms with Crippen molar-refractivity contribution in [3.63, 3.8) is 0 Å². The monoisotopic (exact) mass is 336 g/mol. The van der Waals surface area contributed by atoms with Gasteiger partial charge >= 0.3 is 0 Å². The van der Waals surface area contributed by atoms with Crippen LogP contribution in [0.1, 0.15) is 16.2 Å². The predicted octanol–water partition coefficient (Wildman–Crippen LogP) is 1.78. The number of amides is 2. The lowest BCUT2D eigenvalue weighted by molar-refractivity contribution is -0.116. The molecule has 7 heteroatoms. The molecule has 2 amide bonds. The highest BCUT2D eigenvalue weighted by Crippen LogP contribution is 2.09. The summed E-state index contributed by atoms with van der Waals surface area (Å²) in [4.78, 5) is 32.1. The molecule has 0 atom stereocenters. The summed E-state index contributed by atoms with van der Waals surface area (Å²) in [5.74, 6) is -0.357. The van der Waals surface area contributed by atoms with Gasteiger partial charge in [-0.2, -0.15) is 0 Å². The Kier molecular flexibility index (Phi) is 5.16. The smallest absolute Gasteiger partial charge is 0.287 e. The maximum absolute atomic E-state index is 11.8. The molecule has 2 N–H and O–H groups in total. The van der Waals surface area contributed by atoms with Crippen LogP contribution in [0.4, 0.5) is 0 Å². The molecule has 0 unspecified atom stereocenters. The zero-order chi connectivity index (χ0) is 17.5. The molecule has 0 saturated heterocycles. The Bertz CT molecular complexity index is 904. The quantitative estimate of drug-likeness (QED) is 0.528. The first-order chi connectivity index (χ1) is 12.2. The number of carbonyl (C=O) groups is 2. The third-order valence-corrected chi connectivity index (χ3v) is 3.33. The average molecular weight is 336 g/mol. The number of rotatable bonds is 6. The standard InChI is InChI=1S/C18H16N4O3/c23-17(19-9-10-20-18(24)16-6-3-11-25-16)8-7-13-12-21-14-4-1-2-5-15(14)22-13/h1-8,11-12H,9-10H2,(H,19,23)(H,20,24)/b8-7+. The predicted molar refractivity (Wildman–Crippen MR) is 92.6 cm³/mol. The maximum Gasteiger partial charge on any atom is 0.287 e. The molecule has 3 rings (SSSR count). The van der Waals surface area contributed by atoms with Crippen molar-refractivity contribution in [1.29, 1.82) is 0 Å². The Morgan fingerprint density at radius 1 is 1.04 bits per heavy atom. The molecule has 0 aliphatic heterocycles. The van der Waals surface area contributed by atoms with Crippen molar-refractivity contribution in [2.45, 2.75) is 0 Å². The molecule has 2 heterocycles. The summed E-state index contributed by atoms with van der Waals surface area (Å²) in [6.45, 7) is 0.605. The van der Waals surface area contributed by atoms with Gasteiger partial charge < -0.3 is 15.1 Å². The minimum Gasteiger partial charge on any atom is -0.459 e. The van der Waals surface area contributed by atoms with Gasteiger partial charge in [0.05, 0.1) is 29.2 Å². The number of carbonyl (C=O) groups excluding carboxylic acids is 2. The van der Waals surface area contributed by atoms with Gasteiger partial charge in [0, 0.05) is 19.2 Å². The first kappa shape index (κ1) is 16.4. The molecule has 0 spiro atoms. The summed E-state index contributed by atoms with van der Waals surface area (Å²) in [5.41, 5.74) is 2.17. The Balaban J connectivity index is 1.45. The van der Waals surface area contributed by atoms with Crippen molar-refractivity contribution >= 4 is 28.9 Å². The van der Waals surface area contributed by atoms with Crippen LogP contribution in [-0.4, -0.2) is 34.9 Å². The van der Waals surface area contributed by atoms with Crippen LogP contribution in [0.2, 0.25) is 0 Å². The van der Waals surface area contributed by atoms with E-state index in [-0.39, 0.29) is 17.6 Å². The topological polar surface area (TPSA) is 97.1 Å². The molecule has 7 nitrogen and oxygen atoms in total. The average Bonchev–Trinajstić information content (AvgIpc) is 3.18. The number of aromatic nitrogens is 2. The van der Waals surface area contributed by atoms with Crippen LogP contribution < -0.4 is 10.6 Å². The lowest BCUT2D eigenvalue weighted by atomic mass is 10.3. The van der Waals surface area contributed by atoms with Crippen LogP contribution in [0.25, 0.3) is 17.1 Å². The van der Waals surface area contributed by atoms with E-state index in [4.69, 9.17) is 4.42 Å². The molecular formula is C18H16N4O3. The van der Waals surface area contributed by atoms with Crippen LogP contribution in [0.3, 0.4) is 0 Å². The highest BCUT2D eigenvalue weighted by Gasteiger charge is 2.06. The zero-order valence-electron chi connectivity index (χ0n) is 13.3. The number of hydrogen-bond donors (Lipinski definition) is 2. The van der Waals surface area contributed by atoms with Gasteiger partial charge in [0.1, 0.15) is 0 Å². The van der Waals surface area contributed by atoms with E-state index >= 15 is 0 Å². The minimum absolute atomic E-state index is 0.237. The van der Waals surface area contributed by atoms with Crippen LogP contribution in [0, 0.1) is 0 Å². The number of nitrogens with zero attached hydrogens (tertiary/aromatic N) is 2. The van der Waals surface area contributed by atoms with Gasteiger partial charge in [-0.1, -0.05) is 12.1 Å². The molecule has 2 aromatic heterocycles. The lowest BCUT2D eigenvalue weighted by Crippen LogP contribution is -2.33. The van der Waals surface area contributed by atoms with Gasteiger partial charge in [0.2, 0.25) is 5.91 Å². The molecule has 0 radical (unpaired) electrons. The molecule has 0 aliphatic rings. The van der Waals surface area contributed by atoms with E-state index in [1.165, 1.54) is 12.3 Å². The van der Waals surface area contributed by atoms with E-state index in [0.29, 0.717) is 18.8 Å². The van der Waals surface area contributed by atoms with Crippen molar-refractivity contribution in [3.05, 3.63) is 66.4 Å². The number of nitrogens with one attached hydrogen (secondary N) is 2. The molecule has 0 saturated carbocycles. The fourth-order valence-electron chi connectivity index (χ4n) is 2.13. The van der Waals surface area contributed by atoms with E-state index in [1.54, 1.807) is 24.4 Å². The summed E-state index contributed by atoms with van der Waals surface area (Å²) < 4.78 is 4.97. The largest absolute Gasteiger partial charge is 0.459 e. The number of benzene rings is 1. The first-order valence-corrected chi connectivity index (χ1v) is 7.72. The van der Waals surface area contributed by atoms with Gasteiger partial charge in [0.15, 0.2) is 5.76 Å². The number of furan rings is 1. The fourth-order valence-corrected chi connectivity index (χ4v) is 2.13. The Morgan fingerprint density at radius 3 is 2.64 bits per heavy atom. The summed E-state index contributed by atoms with van der Waals surface area (Å²) in [5, 5.41) is 5.31. The van der Waals surface area contributed by atoms with E-state index in [9.17, 15) is 9.59 Å². The van der Waals surface area contributed by atoms with Crippen molar-refractivity contribution < 1.29 is 14.0 Å². The van der Waals surface area contributed by atoms with Crippen LogP contribution >= 0.6 is 0 Å².